The third kappa shape index (κ3) is 5.35. The molecule has 0 saturated carbocycles. The number of hydrogen-bond acceptors (Lipinski definition) is 4. The Hall–Kier alpha value is -1.86. The zero-order valence-corrected chi connectivity index (χ0v) is 16.4. The molecule has 0 aliphatic heterocycles. The first-order chi connectivity index (χ1) is 11.5. The second-order valence-corrected chi connectivity index (χ2v) is 6.80. The van der Waals surface area contributed by atoms with Crippen LogP contribution in [0, 0.1) is 6.92 Å². The van der Waals surface area contributed by atoms with E-state index in [-0.39, 0.29) is 12.5 Å². The second-order valence-electron chi connectivity index (χ2n) is 5.03. The van der Waals surface area contributed by atoms with Crippen LogP contribution in [0.15, 0.2) is 50.4 Å². The first kappa shape index (κ1) is 18.5. The average Bonchev–Trinajstić information content (AvgIpc) is 2.53. The highest BCUT2D eigenvalue weighted by Crippen LogP contribution is 2.31. The molecular weight excluding hydrogens is 438 g/mol. The minimum absolute atomic E-state index is 0.139. The van der Waals surface area contributed by atoms with Crippen LogP contribution in [0.4, 0.5) is 5.69 Å². The van der Waals surface area contributed by atoms with Gasteiger partial charge in [-0.1, -0.05) is 28.1 Å². The number of carbonyl (C=O) groups is 1. The fourth-order valence-corrected chi connectivity index (χ4v) is 3.46. The van der Waals surface area contributed by atoms with Gasteiger partial charge in [0.15, 0.2) is 0 Å². The van der Waals surface area contributed by atoms with E-state index in [1.807, 2.05) is 43.3 Å². The lowest BCUT2D eigenvalue weighted by molar-refractivity contribution is -0.119. The summed E-state index contributed by atoms with van der Waals surface area (Å²) in [6.45, 7) is 2.14. The molecule has 0 fully saturated rings. The Balaban J connectivity index is 1.93. The Labute approximate surface area is 157 Å². The molecule has 2 N–H and O–H groups in total. The fourth-order valence-electron chi connectivity index (χ4n) is 2.04. The van der Waals surface area contributed by atoms with Gasteiger partial charge in [-0.15, -0.1) is 0 Å². The quantitative estimate of drug-likeness (QED) is 0.510. The van der Waals surface area contributed by atoms with Crippen LogP contribution >= 0.6 is 31.9 Å². The van der Waals surface area contributed by atoms with Crippen molar-refractivity contribution in [1.29, 1.82) is 0 Å². The second kappa shape index (κ2) is 8.84. The molecular formula is C17H17Br2N3O2. The van der Waals surface area contributed by atoms with E-state index in [9.17, 15) is 4.79 Å². The highest BCUT2D eigenvalue weighted by atomic mass is 79.9. The third-order valence-electron chi connectivity index (χ3n) is 3.11. The van der Waals surface area contributed by atoms with Gasteiger partial charge in [0.05, 0.1) is 24.3 Å². The zero-order chi connectivity index (χ0) is 17.5. The summed E-state index contributed by atoms with van der Waals surface area (Å²) in [7, 11) is 1.58. The standard InChI is InChI=1S/C17H17Br2N3O2/c1-11-4-3-5-14(6-11)20-10-16(23)22-21-9-12-7-13(18)8-15(19)17(12)24-2/h3-9,20H,10H2,1-2H3,(H,22,23)/b21-9-. The number of anilines is 1. The van der Waals surface area contributed by atoms with Gasteiger partial charge >= 0.3 is 0 Å². The number of methoxy groups -OCH3 is 1. The number of amides is 1. The molecule has 5 nitrogen and oxygen atoms in total. The number of rotatable bonds is 6. The van der Waals surface area contributed by atoms with Gasteiger partial charge in [-0.25, -0.2) is 5.43 Å². The van der Waals surface area contributed by atoms with Crippen molar-refractivity contribution in [3.63, 3.8) is 0 Å². The molecule has 0 spiro atoms. The Bertz CT molecular complexity index is 763. The monoisotopic (exact) mass is 453 g/mol. The average molecular weight is 455 g/mol. The van der Waals surface area contributed by atoms with Crippen LogP contribution in [-0.2, 0) is 4.79 Å². The smallest absolute Gasteiger partial charge is 0.259 e. The molecule has 0 atom stereocenters. The number of carbonyl (C=O) groups excluding carboxylic acids is 1. The molecule has 126 valence electrons. The van der Waals surface area contributed by atoms with Gasteiger partial charge in [-0.2, -0.15) is 5.10 Å². The van der Waals surface area contributed by atoms with Crippen LogP contribution in [-0.4, -0.2) is 25.8 Å². The largest absolute Gasteiger partial charge is 0.495 e. The first-order valence-corrected chi connectivity index (χ1v) is 8.73. The van der Waals surface area contributed by atoms with E-state index in [2.05, 4.69) is 47.7 Å². The van der Waals surface area contributed by atoms with Gasteiger partial charge in [-0.05, 0) is 52.7 Å². The van der Waals surface area contributed by atoms with Crippen LogP contribution in [0.5, 0.6) is 5.75 Å². The van der Waals surface area contributed by atoms with Crippen LogP contribution < -0.4 is 15.5 Å². The van der Waals surface area contributed by atoms with E-state index in [4.69, 9.17) is 4.74 Å². The molecule has 0 aliphatic rings. The van der Waals surface area contributed by atoms with Crippen LogP contribution in [0.2, 0.25) is 0 Å². The Morgan fingerprint density at radius 1 is 1.29 bits per heavy atom. The lowest BCUT2D eigenvalue weighted by Crippen LogP contribution is -2.25. The number of aryl methyl sites for hydroxylation is 1. The zero-order valence-electron chi connectivity index (χ0n) is 13.3. The SMILES string of the molecule is COc1c(Br)cc(Br)cc1/C=N\NC(=O)CNc1cccc(C)c1. The normalized spacial score (nSPS) is 10.7. The Kier molecular flexibility index (Phi) is 6.81. The minimum Gasteiger partial charge on any atom is -0.495 e. The molecule has 0 saturated heterocycles. The minimum atomic E-state index is -0.235. The Morgan fingerprint density at radius 2 is 2.08 bits per heavy atom. The summed E-state index contributed by atoms with van der Waals surface area (Å²) in [5.41, 5.74) is 5.25. The van der Waals surface area contributed by atoms with Gasteiger partial charge in [-0.3, -0.25) is 4.79 Å². The van der Waals surface area contributed by atoms with Crippen LogP contribution in [0.1, 0.15) is 11.1 Å². The van der Waals surface area contributed by atoms with Crippen LogP contribution in [0.25, 0.3) is 0 Å². The maximum absolute atomic E-state index is 11.8. The predicted molar refractivity (Wildman–Crippen MR) is 104 cm³/mol. The molecule has 7 heteroatoms. The maximum atomic E-state index is 11.8. The molecule has 1 amide bonds. The summed E-state index contributed by atoms with van der Waals surface area (Å²) >= 11 is 6.83. The maximum Gasteiger partial charge on any atom is 0.259 e. The molecule has 2 aromatic carbocycles. The summed E-state index contributed by atoms with van der Waals surface area (Å²) in [5, 5.41) is 7.03. The van der Waals surface area contributed by atoms with Crippen molar-refractivity contribution in [2.75, 3.05) is 19.0 Å². The van der Waals surface area contributed by atoms with Crippen molar-refractivity contribution >= 4 is 49.7 Å². The van der Waals surface area contributed by atoms with E-state index in [1.54, 1.807) is 13.3 Å². The molecule has 0 bridgehead atoms. The number of ether oxygens (including phenoxy) is 1. The van der Waals surface area contributed by atoms with E-state index >= 15 is 0 Å². The lowest BCUT2D eigenvalue weighted by Gasteiger charge is -2.08. The number of halogens is 2. The lowest BCUT2D eigenvalue weighted by atomic mass is 10.2. The van der Waals surface area contributed by atoms with Crippen molar-refractivity contribution in [3.8, 4) is 5.75 Å². The number of nitrogens with zero attached hydrogens (tertiary/aromatic N) is 1. The molecule has 0 aliphatic carbocycles. The summed E-state index contributed by atoms with van der Waals surface area (Å²) in [6.07, 6.45) is 1.54. The third-order valence-corrected chi connectivity index (χ3v) is 4.15. The van der Waals surface area contributed by atoms with Crippen molar-refractivity contribution in [2.24, 2.45) is 5.10 Å². The highest BCUT2D eigenvalue weighted by Gasteiger charge is 2.07. The highest BCUT2D eigenvalue weighted by molar-refractivity contribution is 9.11. The van der Waals surface area contributed by atoms with Crippen LogP contribution in [0.3, 0.4) is 0 Å². The van der Waals surface area contributed by atoms with E-state index < -0.39 is 0 Å². The predicted octanol–water partition coefficient (Wildman–Crippen LogP) is 4.09. The van der Waals surface area contributed by atoms with Gasteiger partial charge < -0.3 is 10.1 Å². The van der Waals surface area contributed by atoms with E-state index in [0.717, 1.165) is 25.8 Å². The molecule has 2 aromatic rings. The summed E-state index contributed by atoms with van der Waals surface area (Å²) in [5.74, 6) is 0.412. The van der Waals surface area contributed by atoms with Gasteiger partial charge in [0.25, 0.3) is 5.91 Å². The molecule has 0 unspecified atom stereocenters. The van der Waals surface area contributed by atoms with Crippen molar-refractivity contribution < 1.29 is 9.53 Å². The number of hydrogen-bond donors (Lipinski definition) is 2. The molecule has 0 heterocycles. The molecule has 2 rings (SSSR count). The topological polar surface area (TPSA) is 62.7 Å². The number of benzene rings is 2. The van der Waals surface area contributed by atoms with Crippen molar-refractivity contribution in [3.05, 3.63) is 56.5 Å². The molecule has 24 heavy (non-hydrogen) atoms. The summed E-state index contributed by atoms with van der Waals surface area (Å²) < 4.78 is 7.00. The van der Waals surface area contributed by atoms with Crippen molar-refractivity contribution in [1.82, 2.24) is 5.43 Å². The van der Waals surface area contributed by atoms with Crippen molar-refractivity contribution in [2.45, 2.75) is 6.92 Å². The first-order valence-electron chi connectivity index (χ1n) is 7.15. The summed E-state index contributed by atoms with van der Waals surface area (Å²) in [6, 6.07) is 11.5. The van der Waals surface area contributed by atoms with Gasteiger partial charge in [0.2, 0.25) is 0 Å². The number of hydrazone groups is 1. The van der Waals surface area contributed by atoms with Gasteiger partial charge in [0, 0.05) is 15.7 Å². The molecule has 0 radical (unpaired) electrons. The summed E-state index contributed by atoms with van der Waals surface area (Å²) in [4.78, 5) is 11.8. The van der Waals surface area contributed by atoms with Gasteiger partial charge in [0.1, 0.15) is 5.75 Å². The molecule has 0 aromatic heterocycles. The van der Waals surface area contributed by atoms with E-state index in [0.29, 0.717) is 5.75 Å². The van der Waals surface area contributed by atoms with E-state index in [1.165, 1.54) is 0 Å². The number of nitrogens with one attached hydrogen (secondary N) is 2. The Morgan fingerprint density at radius 3 is 2.79 bits per heavy atom. The fraction of sp³-hybridized carbons (Fsp3) is 0.176.